The van der Waals surface area contributed by atoms with Gasteiger partial charge in [-0.25, -0.2) is 13.2 Å². The van der Waals surface area contributed by atoms with Crippen LogP contribution in [0, 0.1) is 5.92 Å². The largest absolute Gasteiger partial charge is 0.449 e. The zero-order valence-electron chi connectivity index (χ0n) is 18.6. The van der Waals surface area contributed by atoms with Crippen LogP contribution in [0.5, 0.6) is 0 Å². The highest BCUT2D eigenvalue weighted by Crippen LogP contribution is 2.26. The lowest BCUT2D eigenvalue weighted by atomic mass is 10.1. The number of piperidine rings is 1. The van der Waals surface area contributed by atoms with E-state index in [0.717, 1.165) is 19.3 Å². The maximum absolute atomic E-state index is 13.1. The minimum atomic E-state index is -3.64. The quantitative estimate of drug-likeness (QED) is 0.687. The minimum Gasteiger partial charge on any atom is -0.449 e. The summed E-state index contributed by atoms with van der Waals surface area (Å²) in [7, 11) is -3.64. The monoisotopic (exact) mass is 451 g/mol. The third-order valence-corrected chi connectivity index (χ3v) is 7.80. The molecule has 9 heteroatoms. The van der Waals surface area contributed by atoms with Crippen molar-refractivity contribution in [2.45, 2.75) is 51.0 Å². The van der Waals surface area contributed by atoms with E-state index in [1.54, 1.807) is 32.3 Å². The van der Waals surface area contributed by atoms with Crippen LogP contribution in [0.3, 0.4) is 0 Å². The Hall–Kier alpha value is -2.13. The number of piperazine rings is 1. The fraction of sp³-hybridized carbons (Fsp3) is 0.636. The Bertz CT molecular complexity index is 894. The first-order valence-corrected chi connectivity index (χ1v) is 12.5. The molecule has 31 heavy (non-hydrogen) atoms. The molecule has 0 bridgehead atoms. The highest BCUT2D eigenvalue weighted by atomic mass is 32.2. The third kappa shape index (κ3) is 5.57. The molecule has 2 saturated heterocycles. The summed E-state index contributed by atoms with van der Waals surface area (Å²) in [4.78, 5) is 28.5. The molecule has 0 saturated carbocycles. The van der Waals surface area contributed by atoms with E-state index in [9.17, 15) is 18.0 Å². The van der Waals surface area contributed by atoms with Crippen LogP contribution in [-0.4, -0.2) is 79.9 Å². The van der Waals surface area contributed by atoms with Gasteiger partial charge in [0.2, 0.25) is 10.0 Å². The topological polar surface area (TPSA) is 87.2 Å². The third-order valence-electron chi connectivity index (χ3n) is 5.79. The maximum atomic E-state index is 13.1. The van der Waals surface area contributed by atoms with E-state index in [4.69, 9.17) is 4.74 Å². The number of benzene rings is 1. The second-order valence-corrected chi connectivity index (χ2v) is 10.6. The van der Waals surface area contributed by atoms with Crippen LogP contribution in [0.1, 0.15) is 50.4 Å². The number of sulfonamides is 1. The molecule has 0 aromatic heterocycles. The predicted molar refractivity (Wildman–Crippen MR) is 117 cm³/mol. The lowest BCUT2D eigenvalue weighted by Gasteiger charge is -2.34. The van der Waals surface area contributed by atoms with Gasteiger partial charge in [0.15, 0.2) is 0 Å². The summed E-state index contributed by atoms with van der Waals surface area (Å²) >= 11 is 0. The molecular weight excluding hydrogens is 418 g/mol. The Labute approximate surface area is 185 Å². The van der Waals surface area contributed by atoms with Crippen LogP contribution < -0.4 is 0 Å². The fourth-order valence-electron chi connectivity index (χ4n) is 3.96. The normalized spacial score (nSPS) is 20.7. The van der Waals surface area contributed by atoms with Crippen molar-refractivity contribution in [3.05, 3.63) is 29.8 Å². The predicted octanol–water partition coefficient (Wildman–Crippen LogP) is 2.80. The van der Waals surface area contributed by atoms with Crippen LogP contribution in [0.15, 0.2) is 29.2 Å². The number of hydrogen-bond donors (Lipinski definition) is 0. The maximum Gasteiger partial charge on any atom is 0.409 e. The Balaban J connectivity index is 1.65. The van der Waals surface area contributed by atoms with Crippen LogP contribution in [0.4, 0.5) is 4.79 Å². The standard InChI is InChI=1S/C22H33N3O5S/c1-17(2)16-30-22(27)24-13-11-23(12-14-24)21(26)19-8-6-9-20(15-19)31(28,29)25-10-5-4-7-18(25)3/h6,8-9,15,17-18H,4-5,7,10-14,16H2,1-3H3. The van der Waals surface area contributed by atoms with E-state index in [-0.39, 0.29) is 28.9 Å². The summed E-state index contributed by atoms with van der Waals surface area (Å²) in [5.74, 6) is 0.0437. The smallest absolute Gasteiger partial charge is 0.409 e. The van der Waals surface area contributed by atoms with Crippen molar-refractivity contribution in [2.24, 2.45) is 5.92 Å². The summed E-state index contributed by atoms with van der Waals surface area (Å²) in [6.07, 6.45) is 2.38. The Morgan fingerprint density at radius 2 is 1.74 bits per heavy atom. The van der Waals surface area contributed by atoms with Gasteiger partial charge in [0.05, 0.1) is 11.5 Å². The molecule has 1 aromatic carbocycles. The number of carbonyl (C=O) groups is 2. The number of carbonyl (C=O) groups excluding carboxylic acids is 2. The second kappa shape index (κ2) is 9.99. The molecule has 2 heterocycles. The minimum absolute atomic E-state index is 0.0402. The molecule has 172 valence electrons. The van der Waals surface area contributed by atoms with Gasteiger partial charge in [-0.1, -0.05) is 26.3 Å². The van der Waals surface area contributed by atoms with Gasteiger partial charge < -0.3 is 14.5 Å². The van der Waals surface area contributed by atoms with Gasteiger partial charge >= 0.3 is 6.09 Å². The van der Waals surface area contributed by atoms with E-state index in [0.29, 0.717) is 44.9 Å². The van der Waals surface area contributed by atoms with Crippen molar-refractivity contribution >= 4 is 22.0 Å². The molecule has 0 radical (unpaired) electrons. The van der Waals surface area contributed by atoms with E-state index >= 15 is 0 Å². The van der Waals surface area contributed by atoms with E-state index in [1.807, 2.05) is 20.8 Å². The molecule has 1 atom stereocenters. The van der Waals surface area contributed by atoms with Crippen molar-refractivity contribution < 1.29 is 22.7 Å². The Kier molecular flexibility index (Phi) is 7.59. The second-order valence-electron chi connectivity index (χ2n) is 8.74. The molecule has 8 nitrogen and oxygen atoms in total. The molecule has 2 amide bonds. The summed E-state index contributed by atoms with van der Waals surface area (Å²) in [6.45, 7) is 8.32. The van der Waals surface area contributed by atoms with Crippen LogP contribution in [0.25, 0.3) is 0 Å². The zero-order chi connectivity index (χ0) is 22.6. The molecule has 0 spiro atoms. The Morgan fingerprint density at radius 1 is 1.06 bits per heavy atom. The number of hydrogen-bond acceptors (Lipinski definition) is 5. The number of nitrogens with zero attached hydrogens (tertiary/aromatic N) is 3. The highest BCUT2D eigenvalue weighted by molar-refractivity contribution is 7.89. The van der Waals surface area contributed by atoms with E-state index < -0.39 is 10.0 Å². The first kappa shape index (κ1) is 23.5. The molecule has 0 aliphatic carbocycles. The molecule has 0 N–H and O–H groups in total. The lowest BCUT2D eigenvalue weighted by molar-refractivity contribution is 0.0535. The van der Waals surface area contributed by atoms with Crippen LogP contribution >= 0.6 is 0 Å². The van der Waals surface area contributed by atoms with E-state index in [1.165, 1.54) is 6.07 Å². The van der Waals surface area contributed by atoms with Crippen molar-refractivity contribution in [1.82, 2.24) is 14.1 Å². The number of amides is 2. The van der Waals surface area contributed by atoms with Gasteiger partial charge in [0.1, 0.15) is 0 Å². The summed E-state index contributed by atoms with van der Waals surface area (Å²) in [5, 5.41) is 0. The van der Waals surface area contributed by atoms with Crippen molar-refractivity contribution in [3.63, 3.8) is 0 Å². The van der Waals surface area contributed by atoms with E-state index in [2.05, 4.69) is 0 Å². The molecule has 2 aliphatic heterocycles. The summed E-state index contributed by atoms with van der Waals surface area (Å²) in [5.41, 5.74) is 0.349. The van der Waals surface area contributed by atoms with Crippen molar-refractivity contribution in [1.29, 1.82) is 0 Å². The summed E-state index contributed by atoms with van der Waals surface area (Å²) in [6, 6.07) is 6.25. The van der Waals surface area contributed by atoms with Gasteiger partial charge in [0, 0.05) is 44.3 Å². The zero-order valence-corrected chi connectivity index (χ0v) is 19.4. The molecule has 3 rings (SSSR count). The molecule has 1 unspecified atom stereocenters. The average molecular weight is 452 g/mol. The lowest BCUT2D eigenvalue weighted by Crippen LogP contribution is -2.50. The number of ether oxygens (including phenoxy) is 1. The van der Waals surface area contributed by atoms with Gasteiger partial charge in [0.25, 0.3) is 5.91 Å². The fourth-order valence-corrected chi connectivity index (χ4v) is 5.70. The molecule has 2 fully saturated rings. The molecule has 2 aliphatic rings. The number of rotatable bonds is 5. The Morgan fingerprint density at radius 3 is 2.39 bits per heavy atom. The first-order chi connectivity index (χ1) is 14.7. The SMILES string of the molecule is CC(C)COC(=O)N1CCN(C(=O)c2cccc(S(=O)(=O)N3CCCCC3C)c2)CC1. The molecular formula is C22H33N3O5S. The van der Waals surface area contributed by atoms with Crippen molar-refractivity contribution in [3.8, 4) is 0 Å². The highest BCUT2D eigenvalue weighted by Gasteiger charge is 2.32. The first-order valence-electron chi connectivity index (χ1n) is 11.0. The van der Waals surface area contributed by atoms with Crippen LogP contribution in [-0.2, 0) is 14.8 Å². The average Bonchev–Trinajstić information content (AvgIpc) is 2.77. The van der Waals surface area contributed by atoms with Crippen molar-refractivity contribution in [2.75, 3.05) is 39.3 Å². The van der Waals surface area contributed by atoms with Gasteiger partial charge in [-0.05, 0) is 43.9 Å². The van der Waals surface area contributed by atoms with Gasteiger partial charge in [-0.15, -0.1) is 0 Å². The molecule has 1 aromatic rings. The van der Waals surface area contributed by atoms with Gasteiger partial charge in [-0.3, -0.25) is 4.79 Å². The van der Waals surface area contributed by atoms with Gasteiger partial charge in [-0.2, -0.15) is 4.31 Å². The van der Waals surface area contributed by atoms with Crippen LogP contribution in [0.2, 0.25) is 0 Å². The summed E-state index contributed by atoms with van der Waals surface area (Å²) < 4.78 is 33.0.